The maximum absolute atomic E-state index is 11.7. The van der Waals surface area contributed by atoms with Crippen molar-refractivity contribution >= 4 is 5.78 Å². The van der Waals surface area contributed by atoms with Crippen molar-refractivity contribution in [1.82, 2.24) is 4.57 Å². The van der Waals surface area contributed by atoms with Crippen molar-refractivity contribution in [3.8, 4) is 0 Å². The summed E-state index contributed by atoms with van der Waals surface area (Å²) in [5.41, 5.74) is 3.43. The number of rotatable bonds is 2. The molecule has 0 atom stereocenters. The fraction of sp³-hybridized carbons (Fsp3) is 0.267. The van der Waals surface area contributed by atoms with E-state index in [-0.39, 0.29) is 0 Å². The van der Waals surface area contributed by atoms with Gasteiger partial charge in [0.25, 0.3) is 0 Å². The van der Waals surface area contributed by atoms with Crippen LogP contribution in [0.3, 0.4) is 0 Å². The van der Waals surface area contributed by atoms with E-state index in [1.165, 1.54) is 11.1 Å². The van der Waals surface area contributed by atoms with E-state index >= 15 is 0 Å². The van der Waals surface area contributed by atoms with Crippen molar-refractivity contribution in [2.45, 2.75) is 25.8 Å². The number of nitrogens with zero attached hydrogens (tertiary/aromatic N) is 1. The molecular formula is C15H15NO. The molecule has 2 heteroatoms. The van der Waals surface area contributed by atoms with E-state index in [0.717, 1.165) is 24.9 Å². The fourth-order valence-electron chi connectivity index (χ4n) is 2.47. The lowest BCUT2D eigenvalue weighted by molar-refractivity contribution is 0.0973. The summed E-state index contributed by atoms with van der Waals surface area (Å²) in [5.74, 6) is 0.304. The Labute approximate surface area is 101 Å². The van der Waals surface area contributed by atoms with E-state index in [0.29, 0.717) is 12.2 Å². The van der Waals surface area contributed by atoms with Gasteiger partial charge in [-0.3, -0.25) is 4.79 Å². The van der Waals surface area contributed by atoms with Crippen molar-refractivity contribution in [1.29, 1.82) is 0 Å². The van der Waals surface area contributed by atoms with E-state index in [4.69, 9.17) is 0 Å². The summed E-state index contributed by atoms with van der Waals surface area (Å²) in [4.78, 5) is 11.7. The molecule has 0 saturated heterocycles. The second-order valence-electron chi connectivity index (χ2n) is 4.63. The minimum absolute atomic E-state index is 0.304. The first-order valence-electron chi connectivity index (χ1n) is 6.09. The van der Waals surface area contributed by atoms with E-state index in [1.54, 1.807) is 0 Å². The number of fused-ring (bicyclic) bond motifs is 1. The number of aryl methyl sites for hydroxylation is 1. The highest BCUT2D eigenvalue weighted by Gasteiger charge is 2.18. The Balaban J connectivity index is 1.88. The van der Waals surface area contributed by atoms with Crippen molar-refractivity contribution in [3.63, 3.8) is 0 Å². The highest BCUT2D eigenvalue weighted by molar-refractivity contribution is 5.98. The lowest BCUT2D eigenvalue weighted by Crippen LogP contribution is -2.07. The SMILES string of the molecule is O=C1CCCc2cn(Cc3ccccc3)cc21. The van der Waals surface area contributed by atoms with Gasteiger partial charge in [-0.1, -0.05) is 30.3 Å². The molecule has 0 fully saturated rings. The Morgan fingerprint density at radius 1 is 1.06 bits per heavy atom. The number of carbonyl (C=O) groups excluding carboxylic acids is 1. The molecule has 0 bridgehead atoms. The third-order valence-electron chi connectivity index (χ3n) is 3.32. The van der Waals surface area contributed by atoms with Crippen molar-refractivity contribution in [2.75, 3.05) is 0 Å². The van der Waals surface area contributed by atoms with Crippen LogP contribution < -0.4 is 0 Å². The van der Waals surface area contributed by atoms with Gasteiger partial charge in [0, 0.05) is 30.9 Å². The molecule has 1 aliphatic rings. The van der Waals surface area contributed by atoms with Crippen LogP contribution in [-0.4, -0.2) is 10.4 Å². The monoisotopic (exact) mass is 225 g/mol. The predicted octanol–water partition coefficient (Wildman–Crippen LogP) is 3.06. The van der Waals surface area contributed by atoms with E-state index < -0.39 is 0 Å². The average Bonchev–Trinajstić information content (AvgIpc) is 2.74. The van der Waals surface area contributed by atoms with Crippen LogP contribution in [0.25, 0.3) is 0 Å². The van der Waals surface area contributed by atoms with E-state index in [9.17, 15) is 4.79 Å². The van der Waals surface area contributed by atoms with Crippen LogP contribution in [0.5, 0.6) is 0 Å². The molecule has 0 amide bonds. The molecule has 2 aromatic rings. The normalized spacial score (nSPS) is 14.7. The first-order chi connectivity index (χ1) is 8.33. The summed E-state index contributed by atoms with van der Waals surface area (Å²) < 4.78 is 2.13. The van der Waals surface area contributed by atoms with Crippen LogP contribution in [0, 0.1) is 0 Å². The molecule has 0 aliphatic heterocycles. The van der Waals surface area contributed by atoms with Gasteiger partial charge in [-0.2, -0.15) is 0 Å². The molecule has 0 radical (unpaired) electrons. The Morgan fingerprint density at radius 3 is 2.65 bits per heavy atom. The third-order valence-corrected chi connectivity index (χ3v) is 3.32. The topological polar surface area (TPSA) is 22.0 Å². The molecule has 2 nitrogen and oxygen atoms in total. The quantitative estimate of drug-likeness (QED) is 0.770. The molecule has 3 rings (SSSR count). The molecular weight excluding hydrogens is 210 g/mol. The fourth-order valence-corrected chi connectivity index (χ4v) is 2.47. The summed E-state index contributed by atoms with van der Waals surface area (Å²) in [7, 11) is 0. The van der Waals surface area contributed by atoms with Gasteiger partial charge in [-0.05, 0) is 24.0 Å². The third kappa shape index (κ3) is 2.03. The van der Waals surface area contributed by atoms with Crippen LogP contribution in [0.2, 0.25) is 0 Å². The Bertz CT molecular complexity index is 539. The summed E-state index contributed by atoms with van der Waals surface area (Å²) in [6.07, 6.45) is 6.88. The number of benzene rings is 1. The molecule has 0 unspecified atom stereocenters. The van der Waals surface area contributed by atoms with Gasteiger partial charge in [-0.25, -0.2) is 0 Å². The first-order valence-corrected chi connectivity index (χ1v) is 6.09. The van der Waals surface area contributed by atoms with Gasteiger partial charge in [0.15, 0.2) is 5.78 Å². The molecule has 86 valence electrons. The van der Waals surface area contributed by atoms with Crippen molar-refractivity contribution in [3.05, 3.63) is 59.4 Å². The molecule has 0 N–H and O–H groups in total. The smallest absolute Gasteiger partial charge is 0.164 e. The standard InChI is InChI=1S/C15H15NO/c17-15-8-4-7-13-10-16(11-14(13)15)9-12-5-2-1-3-6-12/h1-3,5-6,10-11H,4,7-9H2. The molecule has 1 aliphatic carbocycles. The minimum Gasteiger partial charge on any atom is -0.349 e. The molecule has 1 heterocycles. The number of carbonyl (C=O) groups is 1. The van der Waals surface area contributed by atoms with Gasteiger partial charge < -0.3 is 4.57 Å². The Kier molecular flexibility index (Phi) is 2.56. The molecule has 0 saturated carbocycles. The Morgan fingerprint density at radius 2 is 1.88 bits per heavy atom. The van der Waals surface area contributed by atoms with Gasteiger partial charge in [0.2, 0.25) is 0 Å². The summed E-state index contributed by atoms with van der Waals surface area (Å²) >= 11 is 0. The van der Waals surface area contributed by atoms with Gasteiger partial charge in [0.1, 0.15) is 0 Å². The lowest BCUT2D eigenvalue weighted by Gasteiger charge is -2.07. The zero-order chi connectivity index (χ0) is 11.7. The van der Waals surface area contributed by atoms with E-state index in [1.807, 2.05) is 24.4 Å². The highest BCUT2D eigenvalue weighted by Crippen LogP contribution is 2.22. The summed E-state index contributed by atoms with van der Waals surface area (Å²) in [5, 5.41) is 0. The molecule has 1 aromatic heterocycles. The second kappa shape index (κ2) is 4.21. The Hall–Kier alpha value is -1.83. The summed E-state index contributed by atoms with van der Waals surface area (Å²) in [6.45, 7) is 0.848. The second-order valence-corrected chi connectivity index (χ2v) is 4.63. The van der Waals surface area contributed by atoms with Crippen LogP contribution in [0.4, 0.5) is 0 Å². The molecule has 1 aromatic carbocycles. The summed E-state index contributed by atoms with van der Waals surface area (Å²) in [6, 6.07) is 10.3. The van der Waals surface area contributed by atoms with Crippen molar-refractivity contribution < 1.29 is 4.79 Å². The number of ketones is 1. The largest absolute Gasteiger partial charge is 0.349 e. The number of hydrogen-bond donors (Lipinski definition) is 0. The first kappa shape index (κ1) is 10.3. The lowest BCUT2D eigenvalue weighted by atomic mass is 9.95. The van der Waals surface area contributed by atoms with Crippen LogP contribution in [0.1, 0.15) is 34.3 Å². The number of hydrogen-bond acceptors (Lipinski definition) is 1. The number of Topliss-reactive ketones (excluding diaryl/α,β-unsaturated/α-hetero) is 1. The highest BCUT2D eigenvalue weighted by atomic mass is 16.1. The number of aromatic nitrogens is 1. The maximum Gasteiger partial charge on any atom is 0.164 e. The predicted molar refractivity (Wildman–Crippen MR) is 67.2 cm³/mol. The van der Waals surface area contributed by atoms with Gasteiger partial charge in [0.05, 0.1) is 0 Å². The van der Waals surface area contributed by atoms with Gasteiger partial charge in [-0.15, -0.1) is 0 Å². The molecule has 0 spiro atoms. The maximum atomic E-state index is 11.7. The zero-order valence-electron chi connectivity index (χ0n) is 9.73. The van der Waals surface area contributed by atoms with Crippen molar-refractivity contribution in [2.24, 2.45) is 0 Å². The molecule has 17 heavy (non-hydrogen) atoms. The van der Waals surface area contributed by atoms with Crippen LogP contribution in [0.15, 0.2) is 42.7 Å². The zero-order valence-corrected chi connectivity index (χ0v) is 9.73. The minimum atomic E-state index is 0.304. The van der Waals surface area contributed by atoms with Crippen LogP contribution in [-0.2, 0) is 13.0 Å². The van der Waals surface area contributed by atoms with Gasteiger partial charge >= 0.3 is 0 Å². The van der Waals surface area contributed by atoms with E-state index in [2.05, 4.69) is 22.9 Å². The average molecular weight is 225 g/mol. The van der Waals surface area contributed by atoms with Crippen LogP contribution >= 0.6 is 0 Å².